The summed E-state index contributed by atoms with van der Waals surface area (Å²) < 4.78 is 0. The van der Waals surface area contributed by atoms with Crippen LogP contribution in [0.1, 0.15) is 44.4 Å². The van der Waals surface area contributed by atoms with Crippen LogP contribution in [0.3, 0.4) is 0 Å². The lowest BCUT2D eigenvalue weighted by Gasteiger charge is -2.11. The first kappa shape index (κ1) is 15.0. The van der Waals surface area contributed by atoms with E-state index in [0.29, 0.717) is 35.3 Å². The lowest BCUT2D eigenvalue weighted by molar-refractivity contribution is 0.0654. The predicted octanol–water partition coefficient (Wildman–Crippen LogP) is 2.94. The first-order valence-electron chi connectivity index (χ1n) is 7.48. The highest BCUT2D eigenvalue weighted by atomic mass is 16.2. The van der Waals surface area contributed by atoms with Gasteiger partial charge in [-0.25, -0.2) is 0 Å². The molecule has 2 aromatic carbocycles. The molecule has 2 aromatic rings. The molecule has 0 radical (unpaired) electrons. The van der Waals surface area contributed by atoms with Gasteiger partial charge in [-0.3, -0.25) is 19.3 Å². The Morgan fingerprint density at radius 2 is 1.70 bits per heavy atom. The minimum absolute atomic E-state index is 0.290. The number of hydrogen-bond acceptors (Lipinski definition) is 3. The van der Waals surface area contributed by atoms with Crippen molar-refractivity contribution in [3.63, 3.8) is 0 Å². The van der Waals surface area contributed by atoms with Gasteiger partial charge in [0.15, 0.2) is 0 Å². The highest BCUT2D eigenvalue weighted by molar-refractivity contribution is 6.22. The van der Waals surface area contributed by atoms with Crippen molar-refractivity contribution in [3.05, 3.63) is 65.2 Å². The van der Waals surface area contributed by atoms with Crippen LogP contribution in [0.15, 0.2) is 48.5 Å². The van der Waals surface area contributed by atoms with Gasteiger partial charge in [-0.15, -0.1) is 0 Å². The summed E-state index contributed by atoms with van der Waals surface area (Å²) in [5.41, 5.74) is 1.68. The van der Waals surface area contributed by atoms with Crippen molar-refractivity contribution >= 4 is 23.4 Å². The highest BCUT2D eigenvalue weighted by Gasteiger charge is 2.35. The van der Waals surface area contributed by atoms with Crippen molar-refractivity contribution in [1.29, 1.82) is 0 Å². The van der Waals surface area contributed by atoms with Gasteiger partial charge in [-0.1, -0.05) is 25.1 Å². The molecule has 3 rings (SSSR count). The fourth-order valence-corrected chi connectivity index (χ4v) is 2.58. The number of carbonyl (C=O) groups excluding carboxylic acids is 3. The molecule has 1 aliphatic heterocycles. The third-order valence-corrected chi connectivity index (χ3v) is 3.71. The standard InChI is InChI=1S/C18H16N2O3/c1-2-10-20-17(22)14-9-8-12(11-15(14)18(20)23)16(21)19-13-6-4-3-5-7-13/h3-9,11H,2,10H2,1H3,(H,19,21). The third-order valence-electron chi connectivity index (χ3n) is 3.71. The molecule has 1 heterocycles. The van der Waals surface area contributed by atoms with Crippen LogP contribution in [0.25, 0.3) is 0 Å². The molecule has 23 heavy (non-hydrogen) atoms. The second-order valence-electron chi connectivity index (χ2n) is 5.34. The zero-order valence-electron chi connectivity index (χ0n) is 12.7. The number of rotatable bonds is 4. The van der Waals surface area contributed by atoms with E-state index in [1.165, 1.54) is 11.0 Å². The molecule has 0 aliphatic carbocycles. The first-order chi connectivity index (χ1) is 11.1. The van der Waals surface area contributed by atoms with Crippen LogP contribution in [0, 0.1) is 0 Å². The van der Waals surface area contributed by atoms with E-state index in [9.17, 15) is 14.4 Å². The molecule has 0 aromatic heterocycles. The monoisotopic (exact) mass is 308 g/mol. The molecule has 0 fully saturated rings. The molecular formula is C18H16N2O3. The molecule has 5 nitrogen and oxygen atoms in total. The van der Waals surface area contributed by atoms with Crippen LogP contribution in [0.2, 0.25) is 0 Å². The van der Waals surface area contributed by atoms with Crippen molar-refractivity contribution in [2.45, 2.75) is 13.3 Å². The van der Waals surface area contributed by atoms with E-state index >= 15 is 0 Å². The largest absolute Gasteiger partial charge is 0.322 e. The zero-order valence-corrected chi connectivity index (χ0v) is 12.7. The third kappa shape index (κ3) is 2.73. The highest BCUT2D eigenvalue weighted by Crippen LogP contribution is 2.24. The van der Waals surface area contributed by atoms with Crippen molar-refractivity contribution < 1.29 is 14.4 Å². The second-order valence-corrected chi connectivity index (χ2v) is 5.34. The van der Waals surface area contributed by atoms with Crippen LogP contribution in [0.4, 0.5) is 5.69 Å². The molecule has 0 spiro atoms. The maximum Gasteiger partial charge on any atom is 0.261 e. The van der Waals surface area contributed by atoms with Crippen molar-refractivity contribution in [2.24, 2.45) is 0 Å². The van der Waals surface area contributed by atoms with E-state index in [2.05, 4.69) is 5.32 Å². The van der Waals surface area contributed by atoms with Gasteiger partial charge in [0.2, 0.25) is 0 Å². The number of benzene rings is 2. The molecule has 0 saturated heterocycles. The maximum absolute atomic E-state index is 12.3. The van der Waals surface area contributed by atoms with Gasteiger partial charge in [-0.05, 0) is 36.8 Å². The molecular weight excluding hydrogens is 292 g/mol. The number of imide groups is 1. The summed E-state index contributed by atoms with van der Waals surface area (Å²) in [6, 6.07) is 13.7. The van der Waals surface area contributed by atoms with Crippen molar-refractivity contribution in [1.82, 2.24) is 4.90 Å². The fourth-order valence-electron chi connectivity index (χ4n) is 2.58. The molecule has 0 bridgehead atoms. The first-order valence-corrected chi connectivity index (χ1v) is 7.48. The van der Waals surface area contributed by atoms with Crippen LogP contribution >= 0.6 is 0 Å². The minimum atomic E-state index is -0.332. The SMILES string of the molecule is CCCN1C(=O)c2ccc(C(=O)Nc3ccccc3)cc2C1=O. The van der Waals surface area contributed by atoms with Crippen LogP contribution in [0.5, 0.6) is 0 Å². The number of fused-ring (bicyclic) bond motifs is 1. The van der Waals surface area contributed by atoms with E-state index in [-0.39, 0.29) is 17.7 Å². The Bertz CT molecular complexity index is 784. The molecule has 1 aliphatic rings. The summed E-state index contributed by atoms with van der Waals surface area (Å²) in [6.45, 7) is 2.29. The van der Waals surface area contributed by atoms with Crippen LogP contribution in [-0.4, -0.2) is 29.2 Å². The van der Waals surface area contributed by atoms with Gasteiger partial charge in [0.25, 0.3) is 17.7 Å². The zero-order chi connectivity index (χ0) is 16.4. The number of para-hydroxylation sites is 1. The van der Waals surface area contributed by atoms with Gasteiger partial charge in [0, 0.05) is 17.8 Å². The van der Waals surface area contributed by atoms with Gasteiger partial charge in [0.05, 0.1) is 11.1 Å². The molecule has 5 heteroatoms. The van der Waals surface area contributed by atoms with Crippen molar-refractivity contribution in [2.75, 3.05) is 11.9 Å². The fraction of sp³-hybridized carbons (Fsp3) is 0.167. The molecule has 116 valence electrons. The van der Waals surface area contributed by atoms with E-state index in [1.807, 2.05) is 25.1 Å². The van der Waals surface area contributed by atoms with Crippen molar-refractivity contribution in [3.8, 4) is 0 Å². The molecule has 1 N–H and O–H groups in total. The summed E-state index contributed by atoms with van der Waals surface area (Å²) in [5.74, 6) is -0.934. The average Bonchev–Trinajstić information content (AvgIpc) is 2.81. The lowest BCUT2D eigenvalue weighted by atomic mass is 10.1. The smallest absolute Gasteiger partial charge is 0.261 e. The number of carbonyl (C=O) groups is 3. The van der Waals surface area contributed by atoms with Gasteiger partial charge in [-0.2, -0.15) is 0 Å². The maximum atomic E-state index is 12.3. The van der Waals surface area contributed by atoms with E-state index < -0.39 is 0 Å². The van der Waals surface area contributed by atoms with Crippen LogP contribution < -0.4 is 5.32 Å². The molecule has 3 amide bonds. The summed E-state index contributed by atoms with van der Waals surface area (Å²) in [6.07, 6.45) is 0.701. The molecule has 0 unspecified atom stereocenters. The Labute approximate surface area is 133 Å². The average molecular weight is 308 g/mol. The van der Waals surface area contributed by atoms with Gasteiger partial charge < -0.3 is 5.32 Å². The van der Waals surface area contributed by atoms with E-state index in [0.717, 1.165) is 0 Å². The quantitative estimate of drug-likeness (QED) is 0.883. The lowest BCUT2D eigenvalue weighted by Crippen LogP contribution is -2.30. The van der Waals surface area contributed by atoms with Crippen LogP contribution in [-0.2, 0) is 0 Å². The number of amides is 3. The topological polar surface area (TPSA) is 66.5 Å². The summed E-state index contributed by atoms with van der Waals surface area (Å²) >= 11 is 0. The molecule has 0 saturated carbocycles. The molecule has 0 atom stereocenters. The Balaban J connectivity index is 1.86. The number of nitrogens with zero attached hydrogens (tertiary/aromatic N) is 1. The summed E-state index contributed by atoms with van der Waals surface area (Å²) in [4.78, 5) is 38.0. The second kappa shape index (κ2) is 6.04. The Hall–Kier alpha value is -2.95. The van der Waals surface area contributed by atoms with Gasteiger partial charge in [0.1, 0.15) is 0 Å². The normalized spacial score (nSPS) is 13.2. The van der Waals surface area contributed by atoms with Gasteiger partial charge >= 0.3 is 0 Å². The number of hydrogen-bond donors (Lipinski definition) is 1. The predicted molar refractivity (Wildman–Crippen MR) is 86.5 cm³/mol. The minimum Gasteiger partial charge on any atom is -0.322 e. The number of nitrogens with one attached hydrogen (secondary N) is 1. The Morgan fingerprint density at radius 1 is 1.00 bits per heavy atom. The summed E-state index contributed by atoms with van der Waals surface area (Å²) in [7, 11) is 0. The van der Waals surface area contributed by atoms with E-state index in [4.69, 9.17) is 0 Å². The Morgan fingerprint density at radius 3 is 2.39 bits per heavy atom. The summed E-state index contributed by atoms with van der Waals surface area (Å²) in [5, 5.41) is 2.76. The van der Waals surface area contributed by atoms with E-state index in [1.54, 1.807) is 24.3 Å². The Kier molecular flexibility index (Phi) is 3.93. The number of anilines is 1.